The van der Waals surface area contributed by atoms with E-state index in [1.807, 2.05) is 42.5 Å². The summed E-state index contributed by atoms with van der Waals surface area (Å²) in [5, 5.41) is 12.1. The lowest BCUT2D eigenvalue weighted by Gasteiger charge is -2.36. The van der Waals surface area contributed by atoms with Crippen LogP contribution in [0, 0.1) is 0 Å². The third-order valence-electron chi connectivity index (χ3n) is 6.06. The normalized spacial score (nSPS) is 13.7. The molecule has 1 fully saturated rings. The van der Waals surface area contributed by atoms with Gasteiger partial charge in [-0.25, -0.2) is 4.79 Å². The van der Waals surface area contributed by atoms with Crippen molar-refractivity contribution in [3.05, 3.63) is 94.7 Å². The van der Waals surface area contributed by atoms with Gasteiger partial charge in [0.05, 0.1) is 11.1 Å². The second kappa shape index (κ2) is 10.1. The molecule has 0 saturated carbocycles. The predicted molar refractivity (Wildman–Crippen MR) is 142 cm³/mol. The van der Waals surface area contributed by atoms with Gasteiger partial charge in [0.2, 0.25) is 0 Å². The Hall–Kier alpha value is -3.36. The monoisotopic (exact) mass is 547 g/mol. The summed E-state index contributed by atoms with van der Waals surface area (Å²) in [6, 6.07) is 21.2. The SMILES string of the molecule is O=C(O)c1cc(Sc2ccc3cc(Br)ccc3c2)ccc1C(=O)N1CCN(c2ccncc2)CC1. The molecule has 0 spiro atoms. The molecule has 1 amide bonds. The zero-order valence-corrected chi connectivity index (χ0v) is 21.1. The molecule has 3 aromatic carbocycles. The molecular weight excluding hydrogens is 526 g/mol. The number of benzene rings is 3. The summed E-state index contributed by atoms with van der Waals surface area (Å²) in [5.41, 5.74) is 1.32. The number of hydrogen-bond acceptors (Lipinski definition) is 5. The zero-order valence-electron chi connectivity index (χ0n) is 18.7. The molecule has 176 valence electrons. The first-order valence-corrected chi connectivity index (χ1v) is 12.8. The van der Waals surface area contributed by atoms with E-state index in [0.717, 1.165) is 30.7 Å². The third kappa shape index (κ3) is 5.18. The van der Waals surface area contributed by atoms with Crippen molar-refractivity contribution in [3.63, 3.8) is 0 Å². The van der Waals surface area contributed by atoms with E-state index < -0.39 is 5.97 Å². The number of carbonyl (C=O) groups is 2. The minimum atomic E-state index is -1.10. The summed E-state index contributed by atoms with van der Waals surface area (Å²) in [6.45, 7) is 2.43. The standard InChI is InChI=1S/C27H22BrN3O3S/c28-20-3-1-19-16-22(4-2-18(19)15-20)35-23-5-6-24(25(17-23)27(33)34)26(32)31-13-11-30(12-14-31)21-7-9-29-10-8-21/h1-10,15-17H,11-14H2,(H,33,34). The number of aromatic nitrogens is 1. The molecule has 1 saturated heterocycles. The number of aromatic carboxylic acids is 1. The van der Waals surface area contributed by atoms with Crippen molar-refractivity contribution in [2.24, 2.45) is 0 Å². The van der Waals surface area contributed by atoms with Crippen molar-refractivity contribution in [2.45, 2.75) is 9.79 Å². The lowest BCUT2D eigenvalue weighted by Crippen LogP contribution is -2.49. The number of fused-ring (bicyclic) bond motifs is 1. The van der Waals surface area contributed by atoms with Gasteiger partial charge in [0, 0.05) is 58.5 Å². The number of rotatable bonds is 5. The fraction of sp³-hybridized carbons (Fsp3) is 0.148. The van der Waals surface area contributed by atoms with Gasteiger partial charge in [-0.15, -0.1) is 0 Å². The van der Waals surface area contributed by atoms with Crippen LogP contribution in [0.1, 0.15) is 20.7 Å². The van der Waals surface area contributed by atoms with E-state index in [1.54, 1.807) is 29.4 Å². The first-order chi connectivity index (χ1) is 17.0. The number of hydrogen-bond donors (Lipinski definition) is 1. The molecular formula is C27H22BrN3O3S. The third-order valence-corrected chi connectivity index (χ3v) is 7.53. The molecule has 1 N–H and O–H groups in total. The van der Waals surface area contributed by atoms with Crippen LogP contribution in [0.3, 0.4) is 0 Å². The van der Waals surface area contributed by atoms with E-state index in [-0.39, 0.29) is 17.0 Å². The van der Waals surface area contributed by atoms with E-state index in [1.165, 1.54) is 11.8 Å². The highest BCUT2D eigenvalue weighted by atomic mass is 79.9. The Bertz CT molecular complexity index is 1410. The number of amides is 1. The van der Waals surface area contributed by atoms with Crippen LogP contribution >= 0.6 is 27.7 Å². The summed E-state index contributed by atoms with van der Waals surface area (Å²) in [7, 11) is 0. The molecule has 35 heavy (non-hydrogen) atoms. The van der Waals surface area contributed by atoms with E-state index in [4.69, 9.17) is 0 Å². The maximum Gasteiger partial charge on any atom is 0.336 e. The topological polar surface area (TPSA) is 73.7 Å². The molecule has 6 nitrogen and oxygen atoms in total. The van der Waals surface area contributed by atoms with E-state index in [2.05, 4.69) is 37.9 Å². The van der Waals surface area contributed by atoms with Crippen molar-refractivity contribution in [3.8, 4) is 0 Å². The highest BCUT2D eigenvalue weighted by Crippen LogP contribution is 2.32. The highest BCUT2D eigenvalue weighted by molar-refractivity contribution is 9.10. The van der Waals surface area contributed by atoms with Crippen molar-refractivity contribution < 1.29 is 14.7 Å². The Morgan fingerprint density at radius 2 is 1.46 bits per heavy atom. The molecule has 0 bridgehead atoms. The number of carboxylic acid groups (broad SMARTS) is 1. The second-order valence-electron chi connectivity index (χ2n) is 8.25. The molecule has 8 heteroatoms. The van der Waals surface area contributed by atoms with Crippen LogP contribution in [0.5, 0.6) is 0 Å². The van der Waals surface area contributed by atoms with Crippen LogP contribution in [0.4, 0.5) is 5.69 Å². The Kier molecular flexibility index (Phi) is 6.74. The first-order valence-electron chi connectivity index (χ1n) is 11.2. The quantitative estimate of drug-likeness (QED) is 0.340. The van der Waals surface area contributed by atoms with E-state index in [9.17, 15) is 14.7 Å². The van der Waals surface area contributed by atoms with E-state index in [0.29, 0.717) is 26.2 Å². The Morgan fingerprint density at radius 3 is 2.20 bits per heavy atom. The molecule has 0 unspecified atom stereocenters. The largest absolute Gasteiger partial charge is 0.478 e. The van der Waals surface area contributed by atoms with Crippen molar-refractivity contribution in [2.75, 3.05) is 31.1 Å². The van der Waals surface area contributed by atoms with Crippen LogP contribution in [0.15, 0.2) is 93.4 Å². The van der Waals surface area contributed by atoms with Crippen LogP contribution in [-0.4, -0.2) is 53.0 Å². The lowest BCUT2D eigenvalue weighted by molar-refractivity contribution is 0.0672. The Morgan fingerprint density at radius 1 is 0.800 bits per heavy atom. The molecule has 0 atom stereocenters. The molecule has 1 aliphatic rings. The smallest absolute Gasteiger partial charge is 0.336 e. The number of piperazine rings is 1. The number of anilines is 1. The Labute approximate surface area is 215 Å². The molecule has 0 aliphatic carbocycles. The van der Waals surface area contributed by atoms with Gasteiger partial charge in [0.25, 0.3) is 5.91 Å². The van der Waals surface area contributed by atoms with Crippen LogP contribution < -0.4 is 4.90 Å². The van der Waals surface area contributed by atoms with Crippen molar-refractivity contribution >= 4 is 56.0 Å². The van der Waals surface area contributed by atoms with Crippen LogP contribution in [0.25, 0.3) is 10.8 Å². The van der Waals surface area contributed by atoms with Gasteiger partial charge in [-0.1, -0.05) is 39.8 Å². The number of pyridine rings is 1. The maximum absolute atomic E-state index is 13.2. The zero-order chi connectivity index (χ0) is 24.4. The van der Waals surface area contributed by atoms with Crippen LogP contribution in [-0.2, 0) is 0 Å². The van der Waals surface area contributed by atoms with Gasteiger partial charge in [0.15, 0.2) is 0 Å². The summed E-state index contributed by atoms with van der Waals surface area (Å²) in [6.07, 6.45) is 3.51. The summed E-state index contributed by atoms with van der Waals surface area (Å²) in [4.78, 5) is 35.1. The Balaban J connectivity index is 1.32. The summed E-state index contributed by atoms with van der Waals surface area (Å²) in [5.74, 6) is -1.35. The average Bonchev–Trinajstić information content (AvgIpc) is 2.89. The summed E-state index contributed by atoms with van der Waals surface area (Å²) >= 11 is 4.97. The number of carboxylic acids is 1. The summed E-state index contributed by atoms with van der Waals surface area (Å²) < 4.78 is 1.02. The fourth-order valence-corrected chi connectivity index (χ4v) is 5.52. The highest BCUT2D eigenvalue weighted by Gasteiger charge is 2.26. The minimum Gasteiger partial charge on any atom is -0.478 e. The minimum absolute atomic E-state index is 0.0290. The van der Waals surface area contributed by atoms with Gasteiger partial charge < -0.3 is 14.9 Å². The lowest BCUT2D eigenvalue weighted by atomic mass is 10.1. The molecule has 1 aromatic heterocycles. The molecule has 2 heterocycles. The van der Waals surface area contributed by atoms with Gasteiger partial charge in [0.1, 0.15) is 0 Å². The van der Waals surface area contributed by atoms with Crippen LogP contribution in [0.2, 0.25) is 0 Å². The van der Waals surface area contributed by atoms with Gasteiger partial charge in [-0.2, -0.15) is 0 Å². The van der Waals surface area contributed by atoms with Crippen molar-refractivity contribution in [1.29, 1.82) is 0 Å². The molecule has 0 radical (unpaired) electrons. The number of nitrogens with zero attached hydrogens (tertiary/aromatic N) is 3. The van der Waals surface area contributed by atoms with Crippen molar-refractivity contribution in [1.82, 2.24) is 9.88 Å². The molecule has 5 rings (SSSR count). The number of halogens is 1. The predicted octanol–water partition coefficient (Wildman–Crippen LogP) is 5.81. The second-order valence-corrected chi connectivity index (χ2v) is 10.3. The first kappa shape index (κ1) is 23.4. The fourth-order valence-electron chi connectivity index (χ4n) is 4.24. The van der Waals surface area contributed by atoms with E-state index >= 15 is 0 Å². The van der Waals surface area contributed by atoms with Gasteiger partial charge >= 0.3 is 5.97 Å². The van der Waals surface area contributed by atoms with Gasteiger partial charge in [-0.05, 0) is 65.4 Å². The van der Waals surface area contributed by atoms with Gasteiger partial charge in [-0.3, -0.25) is 9.78 Å². The molecule has 1 aliphatic heterocycles. The number of carbonyl (C=O) groups excluding carboxylic acids is 1. The maximum atomic E-state index is 13.2. The average molecular weight is 548 g/mol. The molecule has 4 aromatic rings.